The van der Waals surface area contributed by atoms with E-state index in [1.807, 2.05) is 0 Å². The zero-order chi connectivity index (χ0) is 7.11. The van der Waals surface area contributed by atoms with Gasteiger partial charge in [-0.2, -0.15) is 0 Å². The van der Waals surface area contributed by atoms with Gasteiger partial charge in [0.25, 0.3) is 5.24 Å². The minimum Gasteiger partial charge on any atom is -0.347 e. The number of thiol groups is 1. The molecule has 0 bridgehead atoms. The molecule has 1 amide bonds. The lowest BCUT2D eigenvalue weighted by atomic mass is 10.3. The summed E-state index contributed by atoms with van der Waals surface area (Å²) in [6.45, 7) is 1.36. The number of hydrogen-bond acceptors (Lipinski definition) is 2. The zero-order valence-electron chi connectivity index (χ0n) is 5.26. The van der Waals surface area contributed by atoms with Gasteiger partial charge < -0.3 is 11.1 Å². The molecule has 0 aromatic rings. The maximum Gasteiger partial charge on any atom is 0.275 e. The van der Waals surface area contributed by atoms with E-state index in [0.717, 1.165) is 12.8 Å². The normalized spacial score (nSPS) is 9.11. The zero-order valence-corrected chi connectivity index (χ0v) is 6.16. The Morgan fingerprint density at radius 1 is 1.56 bits per heavy atom. The summed E-state index contributed by atoms with van der Waals surface area (Å²) in [6.07, 6.45) is 1.89. The molecule has 0 aromatic heterocycles. The summed E-state index contributed by atoms with van der Waals surface area (Å²) in [7, 11) is 0. The Morgan fingerprint density at radius 3 is 2.67 bits per heavy atom. The molecule has 0 fully saturated rings. The highest BCUT2D eigenvalue weighted by molar-refractivity contribution is 7.96. The number of carbonyl (C=O) groups excluding carboxylic acids is 1. The van der Waals surface area contributed by atoms with Crippen LogP contribution in [0.2, 0.25) is 0 Å². The van der Waals surface area contributed by atoms with E-state index in [1.165, 1.54) is 0 Å². The number of unbranched alkanes of at least 4 members (excludes halogenated alkanes) is 1. The molecule has 0 atom stereocenters. The molecule has 0 aliphatic carbocycles. The van der Waals surface area contributed by atoms with Gasteiger partial charge in [-0.3, -0.25) is 4.79 Å². The average Bonchev–Trinajstić information content (AvgIpc) is 1.80. The Kier molecular flexibility index (Phi) is 5.76. The number of nitrogens with two attached hydrogens (primary N) is 1. The van der Waals surface area contributed by atoms with Crippen molar-refractivity contribution in [1.82, 2.24) is 5.32 Å². The summed E-state index contributed by atoms with van der Waals surface area (Å²) in [5, 5.41) is 2.28. The van der Waals surface area contributed by atoms with Gasteiger partial charge in [-0.15, -0.1) is 0 Å². The van der Waals surface area contributed by atoms with E-state index in [-0.39, 0.29) is 5.24 Å². The van der Waals surface area contributed by atoms with Crippen LogP contribution in [0, 0.1) is 0 Å². The van der Waals surface area contributed by atoms with E-state index in [4.69, 9.17) is 5.73 Å². The highest BCUT2D eigenvalue weighted by Gasteiger charge is 1.88. The van der Waals surface area contributed by atoms with Crippen LogP contribution in [0.15, 0.2) is 0 Å². The number of carbonyl (C=O) groups is 1. The molecule has 0 radical (unpaired) electrons. The molecule has 0 rings (SSSR count). The van der Waals surface area contributed by atoms with Gasteiger partial charge in [0.15, 0.2) is 0 Å². The summed E-state index contributed by atoms with van der Waals surface area (Å²) >= 11 is 3.52. The van der Waals surface area contributed by atoms with E-state index in [0.29, 0.717) is 13.1 Å². The third-order valence-corrected chi connectivity index (χ3v) is 1.07. The van der Waals surface area contributed by atoms with E-state index in [2.05, 4.69) is 17.9 Å². The van der Waals surface area contributed by atoms with Gasteiger partial charge in [0.2, 0.25) is 0 Å². The highest BCUT2D eigenvalue weighted by Crippen LogP contribution is 1.83. The minimum atomic E-state index is -0.271. The van der Waals surface area contributed by atoms with Crippen molar-refractivity contribution in [2.45, 2.75) is 12.8 Å². The maximum atomic E-state index is 10.1. The second-order valence-electron chi connectivity index (χ2n) is 1.73. The number of amides is 1. The maximum absolute atomic E-state index is 10.1. The molecule has 0 heterocycles. The van der Waals surface area contributed by atoms with Crippen LogP contribution in [0.5, 0.6) is 0 Å². The molecular formula is C5H12N2OS. The van der Waals surface area contributed by atoms with Crippen molar-refractivity contribution < 1.29 is 4.79 Å². The van der Waals surface area contributed by atoms with Crippen molar-refractivity contribution in [3.05, 3.63) is 0 Å². The molecule has 0 saturated heterocycles. The van der Waals surface area contributed by atoms with Gasteiger partial charge in [0.05, 0.1) is 0 Å². The van der Waals surface area contributed by atoms with E-state index < -0.39 is 0 Å². The fourth-order valence-corrected chi connectivity index (χ4v) is 0.576. The molecule has 0 unspecified atom stereocenters. The van der Waals surface area contributed by atoms with Gasteiger partial charge in [-0.1, -0.05) is 12.6 Å². The van der Waals surface area contributed by atoms with E-state index >= 15 is 0 Å². The molecule has 4 heteroatoms. The lowest BCUT2D eigenvalue weighted by Gasteiger charge is -1.97. The molecule has 54 valence electrons. The second kappa shape index (κ2) is 5.91. The SMILES string of the molecule is NCCCCNC(=O)S. The predicted octanol–water partition coefficient (Wildman–Crippen LogP) is 0.365. The Balaban J connectivity index is 2.83. The second-order valence-corrected chi connectivity index (χ2v) is 2.13. The van der Waals surface area contributed by atoms with Gasteiger partial charge in [-0.25, -0.2) is 0 Å². The Labute approximate surface area is 60.4 Å². The molecule has 9 heavy (non-hydrogen) atoms. The summed E-state index contributed by atoms with van der Waals surface area (Å²) in [4.78, 5) is 10.1. The average molecular weight is 148 g/mol. The van der Waals surface area contributed by atoms with Crippen LogP contribution in [0.1, 0.15) is 12.8 Å². The molecule has 0 aromatic carbocycles. The fourth-order valence-electron chi connectivity index (χ4n) is 0.465. The quantitative estimate of drug-likeness (QED) is 0.398. The Morgan fingerprint density at radius 2 is 2.22 bits per heavy atom. The smallest absolute Gasteiger partial charge is 0.275 e. The summed E-state index contributed by atoms with van der Waals surface area (Å²) < 4.78 is 0. The summed E-state index contributed by atoms with van der Waals surface area (Å²) in [6, 6.07) is 0. The van der Waals surface area contributed by atoms with Crippen LogP contribution in [0.25, 0.3) is 0 Å². The van der Waals surface area contributed by atoms with Crippen molar-refractivity contribution in [3.8, 4) is 0 Å². The number of nitrogens with one attached hydrogen (secondary N) is 1. The van der Waals surface area contributed by atoms with Gasteiger partial charge in [0.1, 0.15) is 0 Å². The first-order chi connectivity index (χ1) is 4.27. The first-order valence-electron chi connectivity index (χ1n) is 2.94. The van der Waals surface area contributed by atoms with Crippen molar-refractivity contribution >= 4 is 17.9 Å². The monoisotopic (exact) mass is 148 g/mol. The standard InChI is InChI=1S/C5H12N2OS/c6-3-1-2-4-7-5(8)9/h1-4,6H2,(H2,7,8,9). The van der Waals surface area contributed by atoms with Crippen LogP contribution < -0.4 is 11.1 Å². The topological polar surface area (TPSA) is 55.1 Å². The van der Waals surface area contributed by atoms with Crippen molar-refractivity contribution in [2.24, 2.45) is 5.73 Å². The van der Waals surface area contributed by atoms with Gasteiger partial charge >= 0.3 is 0 Å². The first-order valence-corrected chi connectivity index (χ1v) is 3.39. The molecule has 3 N–H and O–H groups in total. The number of rotatable bonds is 4. The summed E-state index contributed by atoms with van der Waals surface area (Å²) in [5.74, 6) is 0. The Bertz CT molecular complexity index is 87.0. The molecule has 3 nitrogen and oxygen atoms in total. The molecule has 0 spiro atoms. The molecule has 0 aliphatic heterocycles. The van der Waals surface area contributed by atoms with Crippen molar-refractivity contribution in [2.75, 3.05) is 13.1 Å². The largest absolute Gasteiger partial charge is 0.347 e. The fraction of sp³-hybridized carbons (Fsp3) is 0.800. The lowest BCUT2D eigenvalue weighted by Crippen LogP contribution is -2.18. The number of hydrogen-bond donors (Lipinski definition) is 3. The minimum absolute atomic E-state index is 0.271. The van der Waals surface area contributed by atoms with Crippen LogP contribution in [0.3, 0.4) is 0 Å². The molecule has 0 saturated carbocycles. The van der Waals surface area contributed by atoms with E-state index in [9.17, 15) is 4.79 Å². The van der Waals surface area contributed by atoms with E-state index in [1.54, 1.807) is 0 Å². The van der Waals surface area contributed by atoms with Crippen molar-refractivity contribution in [1.29, 1.82) is 0 Å². The third kappa shape index (κ3) is 7.78. The van der Waals surface area contributed by atoms with Gasteiger partial charge in [-0.05, 0) is 19.4 Å². The predicted molar refractivity (Wildman–Crippen MR) is 40.7 cm³/mol. The third-order valence-electron chi connectivity index (χ3n) is 0.907. The van der Waals surface area contributed by atoms with Crippen LogP contribution >= 0.6 is 12.6 Å². The highest BCUT2D eigenvalue weighted by atomic mass is 32.1. The van der Waals surface area contributed by atoms with Crippen LogP contribution in [-0.2, 0) is 0 Å². The summed E-state index contributed by atoms with van der Waals surface area (Å²) in [5.41, 5.74) is 5.21. The molecule has 0 aliphatic rings. The Hall–Kier alpha value is -0.220. The van der Waals surface area contributed by atoms with Gasteiger partial charge in [0, 0.05) is 6.54 Å². The molecular weight excluding hydrogens is 136 g/mol. The lowest BCUT2D eigenvalue weighted by molar-refractivity contribution is 0.261. The van der Waals surface area contributed by atoms with Crippen LogP contribution in [-0.4, -0.2) is 18.3 Å². The first kappa shape index (κ1) is 8.78. The van der Waals surface area contributed by atoms with Crippen molar-refractivity contribution in [3.63, 3.8) is 0 Å². The van der Waals surface area contributed by atoms with Crippen LogP contribution in [0.4, 0.5) is 4.79 Å².